The fourth-order valence-corrected chi connectivity index (χ4v) is 2.78. The lowest BCUT2D eigenvalue weighted by atomic mass is 9.92. The number of ether oxygens (including phenoxy) is 3. The van der Waals surface area contributed by atoms with Gasteiger partial charge in [-0.1, -0.05) is 0 Å². The summed E-state index contributed by atoms with van der Waals surface area (Å²) in [5.74, 6) is 0. The van der Waals surface area contributed by atoms with Crippen LogP contribution in [0.25, 0.3) is 0 Å². The summed E-state index contributed by atoms with van der Waals surface area (Å²) < 4.78 is 27.9. The molecule has 0 heterocycles. The van der Waals surface area contributed by atoms with Gasteiger partial charge in [-0.05, 0) is 19.3 Å². The fourth-order valence-electron chi connectivity index (χ4n) is 2.03. The highest BCUT2D eigenvalue weighted by Gasteiger charge is 2.33. The molecule has 11 heteroatoms. The van der Waals surface area contributed by atoms with Crippen molar-refractivity contribution in [2.75, 3.05) is 72.7 Å². The minimum Gasteiger partial charge on any atom is -0.396 e. The van der Waals surface area contributed by atoms with Gasteiger partial charge in [0.2, 0.25) is 0 Å². The zero-order valence-corrected chi connectivity index (χ0v) is 17.4. The molecule has 0 fully saturated rings. The Labute approximate surface area is 168 Å². The Morgan fingerprint density at radius 1 is 0.750 bits per heavy atom. The van der Waals surface area contributed by atoms with Gasteiger partial charge in [0, 0.05) is 39.6 Å². The SMILES string of the molecule is N#CCCOP(N)OCC(COCCCO)(COCCCO)COCCCO. The normalized spacial score (nSPS) is 12.8. The minimum atomic E-state index is -1.66. The highest BCUT2D eigenvalue weighted by molar-refractivity contribution is 7.44. The topological polar surface area (TPSA) is 157 Å². The van der Waals surface area contributed by atoms with Crippen LogP contribution in [0, 0.1) is 16.7 Å². The van der Waals surface area contributed by atoms with Crippen LogP contribution in [0.5, 0.6) is 0 Å². The molecule has 0 spiro atoms. The van der Waals surface area contributed by atoms with E-state index in [1.165, 1.54) is 0 Å². The molecule has 0 aliphatic rings. The Morgan fingerprint density at radius 2 is 1.21 bits per heavy atom. The summed E-state index contributed by atoms with van der Waals surface area (Å²) in [5, 5.41) is 35.3. The predicted octanol–water partition coefficient (Wildman–Crippen LogP) is 0.302. The molecular weight excluding hydrogens is 391 g/mol. The number of hydrogen-bond donors (Lipinski definition) is 4. The largest absolute Gasteiger partial charge is 0.396 e. The second-order valence-electron chi connectivity index (χ2n) is 6.19. The monoisotopic (exact) mass is 426 g/mol. The van der Waals surface area contributed by atoms with E-state index >= 15 is 0 Å². The van der Waals surface area contributed by atoms with Crippen molar-refractivity contribution in [1.29, 1.82) is 5.26 Å². The van der Waals surface area contributed by atoms with Gasteiger partial charge in [-0.3, -0.25) is 5.50 Å². The lowest BCUT2D eigenvalue weighted by molar-refractivity contribution is -0.0910. The number of nitriles is 1. The van der Waals surface area contributed by atoms with E-state index in [1.54, 1.807) is 0 Å². The van der Waals surface area contributed by atoms with Crippen molar-refractivity contribution in [3.63, 3.8) is 0 Å². The first-order chi connectivity index (χ1) is 13.6. The number of aliphatic hydroxyl groups excluding tert-OH is 3. The van der Waals surface area contributed by atoms with Gasteiger partial charge >= 0.3 is 0 Å². The Morgan fingerprint density at radius 3 is 1.61 bits per heavy atom. The van der Waals surface area contributed by atoms with E-state index in [4.69, 9.17) is 49.3 Å². The molecule has 1 atom stereocenters. The van der Waals surface area contributed by atoms with Gasteiger partial charge in [-0.2, -0.15) is 5.26 Å². The molecular formula is C17H35N2O8P. The summed E-state index contributed by atoms with van der Waals surface area (Å²) in [6.45, 7) is 2.34. The van der Waals surface area contributed by atoms with E-state index in [1.807, 2.05) is 6.07 Å². The van der Waals surface area contributed by atoms with Gasteiger partial charge in [0.05, 0.1) is 50.9 Å². The molecule has 0 rings (SSSR count). The molecule has 0 aromatic heterocycles. The van der Waals surface area contributed by atoms with Crippen molar-refractivity contribution in [3.05, 3.63) is 0 Å². The van der Waals surface area contributed by atoms with Gasteiger partial charge in [-0.15, -0.1) is 0 Å². The summed E-state index contributed by atoms with van der Waals surface area (Å²) >= 11 is 0. The van der Waals surface area contributed by atoms with E-state index in [0.29, 0.717) is 39.1 Å². The molecule has 0 saturated carbocycles. The third-order valence-corrected chi connectivity index (χ3v) is 4.32. The van der Waals surface area contributed by atoms with Crippen molar-refractivity contribution in [2.45, 2.75) is 25.7 Å². The number of aliphatic hydroxyl groups is 3. The van der Waals surface area contributed by atoms with Gasteiger partial charge in [0.1, 0.15) is 0 Å². The van der Waals surface area contributed by atoms with E-state index in [0.717, 1.165) is 0 Å². The number of rotatable bonds is 21. The molecule has 0 aliphatic carbocycles. The lowest BCUT2D eigenvalue weighted by Crippen LogP contribution is -2.42. The summed E-state index contributed by atoms with van der Waals surface area (Å²) in [6.07, 6.45) is 1.75. The molecule has 0 bridgehead atoms. The zero-order chi connectivity index (χ0) is 20.9. The van der Waals surface area contributed by atoms with Crippen molar-refractivity contribution in [2.24, 2.45) is 10.9 Å². The summed E-state index contributed by atoms with van der Waals surface area (Å²) in [5.41, 5.74) is 5.17. The maximum absolute atomic E-state index is 8.92. The average Bonchev–Trinajstić information content (AvgIpc) is 2.70. The molecule has 5 N–H and O–H groups in total. The molecule has 0 aromatic rings. The Balaban J connectivity index is 4.82. The van der Waals surface area contributed by atoms with Crippen LogP contribution >= 0.6 is 8.53 Å². The molecule has 0 amide bonds. The summed E-state index contributed by atoms with van der Waals surface area (Å²) in [6, 6.07) is 1.97. The van der Waals surface area contributed by atoms with Crippen LogP contribution in [0.2, 0.25) is 0 Å². The van der Waals surface area contributed by atoms with Crippen molar-refractivity contribution >= 4 is 8.53 Å². The van der Waals surface area contributed by atoms with E-state index in [2.05, 4.69) is 0 Å². The number of nitrogens with zero attached hydrogens (tertiary/aromatic N) is 1. The molecule has 166 valence electrons. The first-order valence-electron chi connectivity index (χ1n) is 9.37. The summed E-state index contributed by atoms with van der Waals surface area (Å²) in [7, 11) is -1.66. The minimum absolute atomic E-state index is 0.0321. The second kappa shape index (κ2) is 19.9. The van der Waals surface area contributed by atoms with Gasteiger partial charge in [0.25, 0.3) is 8.53 Å². The van der Waals surface area contributed by atoms with Crippen LogP contribution in [0.1, 0.15) is 25.7 Å². The van der Waals surface area contributed by atoms with Crippen molar-refractivity contribution < 1.29 is 38.6 Å². The molecule has 10 nitrogen and oxygen atoms in total. The Kier molecular flexibility index (Phi) is 19.5. The predicted molar refractivity (Wildman–Crippen MR) is 103 cm³/mol. The maximum Gasteiger partial charge on any atom is 0.252 e. The third kappa shape index (κ3) is 15.5. The highest BCUT2D eigenvalue weighted by atomic mass is 31.2. The van der Waals surface area contributed by atoms with Gasteiger partial charge in [0.15, 0.2) is 0 Å². The lowest BCUT2D eigenvalue weighted by Gasteiger charge is -2.33. The van der Waals surface area contributed by atoms with Crippen LogP contribution < -0.4 is 5.50 Å². The van der Waals surface area contributed by atoms with Crippen molar-refractivity contribution in [3.8, 4) is 6.07 Å². The molecule has 0 aliphatic heterocycles. The summed E-state index contributed by atoms with van der Waals surface area (Å²) in [4.78, 5) is 0. The molecule has 28 heavy (non-hydrogen) atoms. The maximum atomic E-state index is 8.92. The Hall–Kier alpha value is -0.440. The van der Waals surface area contributed by atoms with Crippen molar-refractivity contribution in [1.82, 2.24) is 0 Å². The molecule has 1 unspecified atom stereocenters. The first-order valence-corrected chi connectivity index (χ1v) is 10.6. The number of nitrogens with two attached hydrogens (primary N) is 1. The van der Waals surface area contributed by atoms with E-state index in [-0.39, 0.29) is 59.3 Å². The molecule has 0 aromatic carbocycles. The second-order valence-corrected chi connectivity index (χ2v) is 7.28. The van der Waals surface area contributed by atoms with Crippen LogP contribution in [-0.4, -0.2) is 88.0 Å². The van der Waals surface area contributed by atoms with E-state index < -0.39 is 13.9 Å². The average molecular weight is 426 g/mol. The molecule has 0 saturated heterocycles. The van der Waals surface area contributed by atoms with Gasteiger partial charge in [-0.25, -0.2) is 0 Å². The smallest absolute Gasteiger partial charge is 0.252 e. The highest BCUT2D eigenvalue weighted by Crippen LogP contribution is 2.33. The quantitative estimate of drug-likeness (QED) is 0.149. The van der Waals surface area contributed by atoms with Crippen LogP contribution in [0.15, 0.2) is 0 Å². The van der Waals surface area contributed by atoms with Crippen LogP contribution in [0.4, 0.5) is 0 Å². The van der Waals surface area contributed by atoms with Gasteiger partial charge < -0.3 is 38.6 Å². The van der Waals surface area contributed by atoms with Crippen LogP contribution in [0.3, 0.4) is 0 Å². The zero-order valence-electron chi connectivity index (χ0n) is 16.5. The third-order valence-electron chi connectivity index (χ3n) is 3.50. The van der Waals surface area contributed by atoms with Crippen LogP contribution in [-0.2, 0) is 23.3 Å². The van der Waals surface area contributed by atoms with E-state index in [9.17, 15) is 0 Å². The first kappa shape index (κ1) is 27.6. The molecule has 0 radical (unpaired) electrons. The Bertz CT molecular complexity index is 355. The standard InChI is InChI=1S/C17H35N2O8P/c18-5-1-12-26-28(19)27-16-17(13-23-9-2-6-20,14-24-10-3-7-21)15-25-11-4-8-22/h20-22H,1-4,6-16,19H2. The fraction of sp³-hybridized carbons (Fsp3) is 0.941. The number of hydrogen-bond acceptors (Lipinski definition) is 10.